The summed E-state index contributed by atoms with van der Waals surface area (Å²) < 4.78 is 11.2. The largest absolute Gasteiger partial charge is 0.467 e. The van der Waals surface area contributed by atoms with Gasteiger partial charge in [-0.15, -0.1) is 0 Å². The molecule has 176 valence electrons. The standard InChI is InChI=1S/C21H19N5O8/c1-33-20(27)17(23-21(28)34-12-14-5-3-2-4-6-14)9-16-11-22-13-24(16)18-8-7-15(25(29)30)10-19(18)26(31)32/h2-8,10-11,13,17H,9,12H2,1H3,(H,23,28)/t17-/m0/s1. The summed E-state index contributed by atoms with van der Waals surface area (Å²) in [4.78, 5) is 49.5. The molecule has 13 heteroatoms. The van der Waals surface area contributed by atoms with Crippen molar-refractivity contribution in [2.24, 2.45) is 0 Å². The summed E-state index contributed by atoms with van der Waals surface area (Å²) in [7, 11) is 1.14. The van der Waals surface area contributed by atoms with Crippen LogP contribution >= 0.6 is 0 Å². The van der Waals surface area contributed by atoms with Crippen LogP contribution in [0.1, 0.15) is 11.3 Å². The first-order valence-corrected chi connectivity index (χ1v) is 9.79. The van der Waals surface area contributed by atoms with Crippen molar-refractivity contribution >= 4 is 23.4 Å². The van der Waals surface area contributed by atoms with Crippen LogP contribution in [0.4, 0.5) is 16.2 Å². The van der Waals surface area contributed by atoms with Crippen LogP contribution in [0.3, 0.4) is 0 Å². The maximum atomic E-state index is 12.3. The summed E-state index contributed by atoms with van der Waals surface area (Å²) in [5.41, 5.74) is 0.0654. The van der Waals surface area contributed by atoms with Gasteiger partial charge in [0.15, 0.2) is 0 Å². The minimum absolute atomic E-state index is 0.00151. The van der Waals surface area contributed by atoms with Gasteiger partial charge in [0.1, 0.15) is 18.3 Å². The Morgan fingerprint density at radius 1 is 1.12 bits per heavy atom. The second-order valence-corrected chi connectivity index (χ2v) is 6.93. The molecule has 0 unspecified atom stereocenters. The zero-order valence-corrected chi connectivity index (χ0v) is 17.8. The maximum absolute atomic E-state index is 12.3. The van der Waals surface area contributed by atoms with Gasteiger partial charge in [-0.3, -0.25) is 24.8 Å². The molecule has 3 rings (SSSR count). The lowest BCUT2D eigenvalue weighted by Gasteiger charge is -2.17. The number of nitro groups is 2. The second-order valence-electron chi connectivity index (χ2n) is 6.93. The maximum Gasteiger partial charge on any atom is 0.408 e. The van der Waals surface area contributed by atoms with Crippen LogP contribution in [-0.2, 0) is 27.3 Å². The summed E-state index contributed by atoms with van der Waals surface area (Å²) in [5, 5.41) is 24.9. The molecule has 0 aliphatic carbocycles. The van der Waals surface area contributed by atoms with Gasteiger partial charge in [-0.1, -0.05) is 30.3 Å². The van der Waals surface area contributed by atoms with Gasteiger partial charge in [-0.05, 0) is 11.6 Å². The van der Waals surface area contributed by atoms with E-state index in [9.17, 15) is 29.8 Å². The molecular weight excluding hydrogens is 450 g/mol. The molecule has 1 N–H and O–H groups in total. The first-order chi connectivity index (χ1) is 16.3. The lowest BCUT2D eigenvalue weighted by Crippen LogP contribution is -2.43. The molecule has 0 fully saturated rings. The van der Waals surface area contributed by atoms with E-state index in [4.69, 9.17) is 9.47 Å². The highest BCUT2D eigenvalue weighted by atomic mass is 16.6. The number of methoxy groups -OCH3 is 1. The number of alkyl carbamates (subject to hydrolysis) is 1. The molecule has 0 radical (unpaired) electrons. The van der Waals surface area contributed by atoms with E-state index in [2.05, 4.69) is 10.3 Å². The van der Waals surface area contributed by atoms with E-state index in [0.717, 1.165) is 24.8 Å². The number of esters is 1. The number of imidazole rings is 1. The predicted molar refractivity (Wildman–Crippen MR) is 116 cm³/mol. The van der Waals surface area contributed by atoms with Crippen LogP contribution in [0, 0.1) is 20.2 Å². The van der Waals surface area contributed by atoms with Crippen molar-refractivity contribution in [3.05, 3.63) is 92.5 Å². The van der Waals surface area contributed by atoms with Crippen molar-refractivity contribution in [3.8, 4) is 5.69 Å². The number of non-ortho nitro benzene ring substituents is 1. The number of nitrogens with zero attached hydrogens (tertiary/aromatic N) is 4. The topological polar surface area (TPSA) is 169 Å². The number of amides is 1. The van der Waals surface area contributed by atoms with Crippen molar-refractivity contribution < 1.29 is 28.9 Å². The summed E-state index contributed by atoms with van der Waals surface area (Å²) in [6.07, 6.45) is 1.58. The molecule has 1 amide bonds. The Labute approximate surface area is 192 Å². The minimum Gasteiger partial charge on any atom is -0.467 e. The van der Waals surface area contributed by atoms with Gasteiger partial charge < -0.3 is 14.8 Å². The molecule has 0 aliphatic heterocycles. The third kappa shape index (κ3) is 5.70. The molecule has 0 bridgehead atoms. The van der Waals surface area contributed by atoms with Crippen molar-refractivity contribution in [1.82, 2.24) is 14.9 Å². The molecule has 13 nitrogen and oxygen atoms in total. The molecule has 3 aromatic rings. The minimum atomic E-state index is -1.19. The molecular formula is C21H19N5O8. The van der Waals surface area contributed by atoms with Crippen LogP contribution in [0.25, 0.3) is 5.69 Å². The highest BCUT2D eigenvalue weighted by molar-refractivity contribution is 5.81. The summed E-state index contributed by atoms with van der Waals surface area (Å²) in [6, 6.07) is 10.9. The molecule has 0 spiro atoms. The first-order valence-electron chi connectivity index (χ1n) is 9.79. The lowest BCUT2D eigenvalue weighted by molar-refractivity contribution is -0.394. The Balaban J connectivity index is 1.81. The SMILES string of the molecule is COC(=O)[C@H](Cc1cncn1-c1ccc([N+](=O)[O-])cc1[N+](=O)[O-])NC(=O)OCc1ccccc1. The average Bonchev–Trinajstić information content (AvgIpc) is 3.29. The summed E-state index contributed by atoms with van der Waals surface area (Å²) in [5.74, 6) is -0.775. The monoisotopic (exact) mass is 469 g/mol. The van der Waals surface area contributed by atoms with E-state index < -0.39 is 39.3 Å². The smallest absolute Gasteiger partial charge is 0.408 e. The van der Waals surface area contributed by atoms with Crippen LogP contribution < -0.4 is 5.32 Å². The Morgan fingerprint density at radius 2 is 1.85 bits per heavy atom. The van der Waals surface area contributed by atoms with E-state index >= 15 is 0 Å². The number of nitrogens with one attached hydrogen (secondary N) is 1. The van der Waals surface area contributed by atoms with Crippen molar-refractivity contribution in [2.45, 2.75) is 19.1 Å². The molecule has 2 aromatic carbocycles. The fourth-order valence-corrected chi connectivity index (χ4v) is 3.12. The fourth-order valence-electron chi connectivity index (χ4n) is 3.12. The molecule has 1 heterocycles. The number of rotatable bonds is 9. The van der Waals surface area contributed by atoms with E-state index in [1.165, 1.54) is 23.2 Å². The van der Waals surface area contributed by atoms with Gasteiger partial charge in [0, 0.05) is 24.4 Å². The third-order valence-electron chi connectivity index (χ3n) is 4.74. The Kier molecular flexibility index (Phi) is 7.48. The highest BCUT2D eigenvalue weighted by Gasteiger charge is 2.27. The van der Waals surface area contributed by atoms with E-state index in [-0.39, 0.29) is 18.7 Å². The Morgan fingerprint density at radius 3 is 2.50 bits per heavy atom. The average molecular weight is 469 g/mol. The normalized spacial score (nSPS) is 11.3. The zero-order valence-electron chi connectivity index (χ0n) is 17.8. The third-order valence-corrected chi connectivity index (χ3v) is 4.74. The van der Waals surface area contributed by atoms with Gasteiger partial charge in [0.2, 0.25) is 0 Å². The van der Waals surface area contributed by atoms with Gasteiger partial charge in [-0.25, -0.2) is 14.6 Å². The van der Waals surface area contributed by atoms with Crippen LogP contribution in [0.15, 0.2) is 61.1 Å². The van der Waals surface area contributed by atoms with Crippen LogP contribution in [-0.4, -0.2) is 44.6 Å². The molecule has 0 saturated heterocycles. The van der Waals surface area contributed by atoms with E-state index in [1.54, 1.807) is 24.3 Å². The van der Waals surface area contributed by atoms with E-state index in [1.807, 2.05) is 6.07 Å². The zero-order chi connectivity index (χ0) is 24.7. The predicted octanol–water partition coefficient (Wildman–Crippen LogP) is 2.70. The van der Waals surface area contributed by atoms with Gasteiger partial charge in [0.05, 0.1) is 29.4 Å². The fraction of sp³-hybridized carbons (Fsp3) is 0.190. The number of hydrogen-bond acceptors (Lipinski definition) is 9. The van der Waals surface area contributed by atoms with Crippen molar-refractivity contribution in [1.29, 1.82) is 0 Å². The number of nitro benzene ring substituents is 2. The summed E-state index contributed by atoms with van der Waals surface area (Å²) in [6.45, 7) is -0.0203. The number of aromatic nitrogens is 2. The van der Waals surface area contributed by atoms with Crippen molar-refractivity contribution in [2.75, 3.05) is 7.11 Å². The van der Waals surface area contributed by atoms with E-state index in [0.29, 0.717) is 5.69 Å². The quantitative estimate of drug-likeness (QED) is 0.281. The lowest BCUT2D eigenvalue weighted by atomic mass is 10.1. The van der Waals surface area contributed by atoms with Gasteiger partial charge in [-0.2, -0.15) is 0 Å². The highest BCUT2D eigenvalue weighted by Crippen LogP contribution is 2.29. The number of hydrogen-bond donors (Lipinski definition) is 1. The van der Waals surface area contributed by atoms with Crippen molar-refractivity contribution in [3.63, 3.8) is 0 Å². The Hall–Kier alpha value is -4.81. The van der Waals surface area contributed by atoms with Gasteiger partial charge in [0.25, 0.3) is 11.4 Å². The second kappa shape index (κ2) is 10.7. The molecule has 1 aromatic heterocycles. The molecule has 0 aliphatic rings. The first kappa shape index (κ1) is 23.8. The van der Waals surface area contributed by atoms with Crippen LogP contribution in [0.2, 0.25) is 0 Å². The number of carbonyl (C=O) groups excluding carboxylic acids is 2. The molecule has 1 atom stereocenters. The Bertz CT molecular complexity index is 1210. The summed E-state index contributed by atoms with van der Waals surface area (Å²) >= 11 is 0. The van der Waals surface area contributed by atoms with Crippen LogP contribution in [0.5, 0.6) is 0 Å². The van der Waals surface area contributed by atoms with Gasteiger partial charge >= 0.3 is 12.1 Å². The molecule has 0 saturated carbocycles. The number of ether oxygens (including phenoxy) is 2. The molecule has 34 heavy (non-hydrogen) atoms. The number of benzene rings is 2. The number of carbonyl (C=O) groups is 2.